The summed E-state index contributed by atoms with van der Waals surface area (Å²) < 4.78 is 7.90. The summed E-state index contributed by atoms with van der Waals surface area (Å²) in [4.78, 5) is 15.9. The smallest absolute Gasteiger partial charge is 0.323 e. The second-order valence-corrected chi connectivity index (χ2v) is 4.95. The normalized spacial score (nSPS) is 10.5. The van der Waals surface area contributed by atoms with Crippen LogP contribution in [0, 0.1) is 0 Å². The van der Waals surface area contributed by atoms with E-state index >= 15 is 0 Å². The van der Waals surface area contributed by atoms with E-state index in [0.29, 0.717) is 6.61 Å². The number of nitrogens with zero attached hydrogens (tertiary/aromatic N) is 6. The molecule has 1 aromatic carbocycles. The van der Waals surface area contributed by atoms with Gasteiger partial charge in [-0.05, 0) is 17.7 Å². The highest BCUT2D eigenvalue weighted by Gasteiger charge is 2.08. The maximum Gasteiger partial charge on any atom is 0.323 e. The summed E-state index contributed by atoms with van der Waals surface area (Å²) >= 11 is 3.40. The van der Waals surface area contributed by atoms with Crippen molar-refractivity contribution in [1.29, 1.82) is 0 Å². The summed E-state index contributed by atoms with van der Waals surface area (Å²) in [7, 11) is 0. The molecule has 3 rings (SSSR count). The molecule has 2 heterocycles. The molecule has 21 heavy (non-hydrogen) atoms. The Morgan fingerprint density at radius 3 is 2.90 bits per heavy atom. The van der Waals surface area contributed by atoms with Crippen LogP contribution in [-0.4, -0.2) is 29.7 Å². The van der Waals surface area contributed by atoms with Gasteiger partial charge in [0.2, 0.25) is 5.95 Å². The molecular weight excluding hydrogens is 338 g/mol. The summed E-state index contributed by atoms with van der Waals surface area (Å²) in [6.45, 7) is 0.319. The average molecular weight is 348 g/mol. The van der Waals surface area contributed by atoms with Crippen LogP contribution in [0.2, 0.25) is 0 Å². The molecule has 9 heteroatoms. The fourth-order valence-electron chi connectivity index (χ4n) is 1.61. The predicted octanol–water partition coefficient (Wildman–Crippen LogP) is 1.38. The summed E-state index contributed by atoms with van der Waals surface area (Å²) in [6, 6.07) is 7.88. The molecule has 0 radical (unpaired) electrons. The maximum atomic E-state index is 5.65. The maximum absolute atomic E-state index is 5.65. The summed E-state index contributed by atoms with van der Waals surface area (Å²) in [6.07, 6.45) is 2.84. The lowest BCUT2D eigenvalue weighted by Gasteiger charge is -2.06. The Hall–Kier alpha value is -2.55. The van der Waals surface area contributed by atoms with E-state index in [4.69, 9.17) is 10.5 Å². The van der Waals surface area contributed by atoms with Crippen molar-refractivity contribution in [1.82, 2.24) is 29.7 Å². The zero-order valence-corrected chi connectivity index (χ0v) is 12.3. The van der Waals surface area contributed by atoms with Gasteiger partial charge in [0.05, 0.1) is 0 Å². The van der Waals surface area contributed by atoms with Gasteiger partial charge < -0.3 is 10.5 Å². The van der Waals surface area contributed by atoms with Crippen LogP contribution in [-0.2, 0) is 6.61 Å². The van der Waals surface area contributed by atoms with Gasteiger partial charge in [-0.2, -0.15) is 24.7 Å². The lowest BCUT2D eigenvalue weighted by Crippen LogP contribution is -2.09. The number of nitrogens with two attached hydrogens (primary N) is 1. The quantitative estimate of drug-likeness (QED) is 0.759. The number of anilines is 1. The van der Waals surface area contributed by atoms with Gasteiger partial charge in [0.15, 0.2) is 0 Å². The minimum atomic E-state index is 0.0553. The molecule has 0 amide bonds. The number of rotatable bonds is 4. The fourth-order valence-corrected chi connectivity index (χ4v) is 2.06. The molecule has 0 unspecified atom stereocenters. The van der Waals surface area contributed by atoms with Crippen molar-refractivity contribution in [3.63, 3.8) is 0 Å². The number of benzene rings is 1. The van der Waals surface area contributed by atoms with E-state index in [1.165, 1.54) is 17.3 Å². The third-order valence-corrected chi connectivity index (χ3v) is 2.99. The molecule has 0 saturated heterocycles. The molecule has 2 aromatic heterocycles. The van der Waals surface area contributed by atoms with Gasteiger partial charge in [0.25, 0.3) is 5.95 Å². The van der Waals surface area contributed by atoms with Crippen LogP contribution in [0.4, 0.5) is 5.95 Å². The Kier molecular flexibility index (Phi) is 3.73. The Morgan fingerprint density at radius 1 is 1.24 bits per heavy atom. The number of hydrogen-bond acceptors (Lipinski definition) is 7. The third-order valence-electron chi connectivity index (χ3n) is 2.50. The van der Waals surface area contributed by atoms with Crippen molar-refractivity contribution in [3.8, 4) is 12.0 Å². The summed E-state index contributed by atoms with van der Waals surface area (Å²) in [5.41, 5.74) is 6.62. The molecule has 0 aliphatic carbocycles. The van der Waals surface area contributed by atoms with E-state index in [1.54, 1.807) is 0 Å². The third kappa shape index (κ3) is 3.31. The molecule has 2 N–H and O–H groups in total. The van der Waals surface area contributed by atoms with Crippen molar-refractivity contribution in [2.24, 2.45) is 0 Å². The van der Waals surface area contributed by atoms with E-state index in [0.717, 1.165) is 10.0 Å². The Labute approximate surface area is 128 Å². The van der Waals surface area contributed by atoms with E-state index < -0.39 is 0 Å². The van der Waals surface area contributed by atoms with Gasteiger partial charge in [-0.15, -0.1) is 0 Å². The largest absolute Gasteiger partial charge is 0.458 e. The van der Waals surface area contributed by atoms with Crippen molar-refractivity contribution in [2.45, 2.75) is 6.61 Å². The van der Waals surface area contributed by atoms with Gasteiger partial charge in [-0.3, -0.25) is 0 Å². The Balaban J connectivity index is 1.79. The SMILES string of the molecule is Nc1nc(OCc2cccc(Br)c2)nc(-n2cncn2)n1. The van der Waals surface area contributed by atoms with Crippen LogP contribution >= 0.6 is 15.9 Å². The molecule has 0 saturated carbocycles. The molecule has 0 bridgehead atoms. The lowest BCUT2D eigenvalue weighted by atomic mass is 10.2. The van der Waals surface area contributed by atoms with Gasteiger partial charge in [-0.1, -0.05) is 28.1 Å². The molecule has 0 spiro atoms. The van der Waals surface area contributed by atoms with Crippen molar-refractivity contribution >= 4 is 21.9 Å². The van der Waals surface area contributed by atoms with Crippen LogP contribution in [0.25, 0.3) is 5.95 Å². The first-order valence-electron chi connectivity index (χ1n) is 5.94. The van der Waals surface area contributed by atoms with Gasteiger partial charge >= 0.3 is 6.01 Å². The molecule has 3 aromatic rings. The summed E-state index contributed by atoms with van der Waals surface area (Å²) in [5.74, 6) is 0.309. The zero-order chi connectivity index (χ0) is 14.7. The number of halogens is 1. The van der Waals surface area contributed by atoms with Crippen molar-refractivity contribution in [2.75, 3.05) is 5.73 Å². The molecule has 0 aliphatic rings. The standard InChI is InChI=1S/C12H10BrN7O/c13-9-3-1-2-8(4-9)5-21-12-18-10(14)17-11(19-12)20-7-15-6-16-20/h1-4,6-7H,5H2,(H2,14,17,18,19). The van der Waals surface area contributed by atoms with E-state index in [1.807, 2.05) is 24.3 Å². The highest BCUT2D eigenvalue weighted by Crippen LogP contribution is 2.14. The van der Waals surface area contributed by atoms with E-state index in [9.17, 15) is 0 Å². The monoisotopic (exact) mass is 347 g/mol. The minimum absolute atomic E-state index is 0.0553. The van der Waals surface area contributed by atoms with Gasteiger partial charge in [0.1, 0.15) is 19.3 Å². The molecule has 8 nitrogen and oxygen atoms in total. The Bertz CT molecular complexity index is 747. The average Bonchev–Trinajstić information content (AvgIpc) is 2.99. The van der Waals surface area contributed by atoms with Crippen molar-refractivity contribution in [3.05, 3.63) is 47.0 Å². The van der Waals surface area contributed by atoms with Crippen LogP contribution in [0.1, 0.15) is 5.56 Å². The van der Waals surface area contributed by atoms with Gasteiger partial charge in [-0.25, -0.2) is 4.98 Å². The molecular formula is C12H10BrN7O. The zero-order valence-electron chi connectivity index (χ0n) is 10.7. The predicted molar refractivity (Wildman–Crippen MR) is 77.6 cm³/mol. The molecule has 0 atom stereocenters. The highest BCUT2D eigenvalue weighted by atomic mass is 79.9. The van der Waals surface area contributed by atoms with Gasteiger partial charge in [0, 0.05) is 4.47 Å². The summed E-state index contributed by atoms with van der Waals surface area (Å²) in [5, 5.41) is 3.93. The van der Waals surface area contributed by atoms with E-state index in [-0.39, 0.29) is 17.9 Å². The molecule has 106 valence electrons. The van der Waals surface area contributed by atoms with Crippen LogP contribution in [0.3, 0.4) is 0 Å². The first kappa shape index (κ1) is 13.4. The van der Waals surface area contributed by atoms with Crippen LogP contribution in [0.5, 0.6) is 6.01 Å². The second-order valence-electron chi connectivity index (χ2n) is 4.03. The highest BCUT2D eigenvalue weighted by molar-refractivity contribution is 9.10. The topological polar surface area (TPSA) is 105 Å². The number of nitrogen functional groups attached to an aromatic ring is 1. The molecule has 0 aliphatic heterocycles. The first-order valence-corrected chi connectivity index (χ1v) is 6.74. The number of ether oxygens (including phenoxy) is 1. The fraction of sp³-hybridized carbons (Fsp3) is 0.0833. The van der Waals surface area contributed by atoms with Crippen LogP contribution < -0.4 is 10.5 Å². The first-order chi connectivity index (χ1) is 10.2. The molecule has 0 fully saturated rings. The minimum Gasteiger partial charge on any atom is -0.458 e. The number of hydrogen-bond donors (Lipinski definition) is 1. The van der Waals surface area contributed by atoms with E-state index in [2.05, 4.69) is 41.0 Å². The Morgan fingerprint density at radius 2 is 2.14 bits per heavy atom. The van der Waals surface area contributed by atoms with Crippen molar-refractivity contribution < 1.29 is 4.74 Å². The second kappa shape index (κ2) is 5.83. The number of aromatic nitrogens is 6. The lowest BCUT2D eigenvalue weighted by molar-refractivity contribution is 0.279. The van der Waals surface area contributed by atoms with Crippen LogP contribution in [0.15, 0.2) is 41.4 Å².